The van der Waals surface area contributed by atoms with E-state index >= 15 is 0 Å². The van der Waals surface area contributed by atoms with Gasteiger partial charge in [0.2, 0.25) is 0 Å². The molecular formula is C22H27N3O2. The molecule has 5 heteroatoms. The molecule has 1 atom stereocenters. The maximum atomic E-state index is 8.91. The van der Waals surface area contributed by atoms with E-state index in [4.69, 9.17) is 14.8 Å². The molecule has 0 radical (unpaired) electrons. The second kappa shape index (κ2) is 8.55. The van der Waals surface area contributed by atoms with E-state index in [0.29, 0.717) is 12.5 Å². The predicted molar refractivity (Wildman–Crippen MR) is 107 cm³/mol. The number of H-pyrrole nitrogens is 1. The van der Waals surface area contributed by atoms with E-state index in [1.54, 1.807) is 0 Å². The molecule has 2 N–H and O–H groups in total. The molecule has 1 saturated heterocycles. The second-order valence-corrected chi connectivity index (χ2v) is 7.37. The number of aliphatic hydroxyl groups excluding tert-OH is 1. The van der Waals surface area contributed by atoms with Crippen LogP contribution in [-0.4, -0.2) is 46.3 Å². The number of imidazole rings is 1. The molecule has 0 unspecified atom stereocenters. The number of nitrogens with one attached hydrogen (secondary N) is 1. The summed E-state index contributed by atoms with van der Waals surface area (Å²) in [4.78, 5) is 10.7. The Morgan fingerprint density at radius 2 is 2.11 bits per heavy atom. The zero-order valence-corrected chi connectivity index (χ0v) is 15.6. The van der Waals surface area contributed by atoms with Crippen LogP contribution in [0.1, 0.15) is 24.2 Å². The summed E-state index contributed by atoms with van der Waals surface area (Å²) in [5, 5.41) is 8.91. The van der Waals surface area contributed by atoms with Gasteiger partial charge >= 0.3 is 0 Å². The van der Waals surface area contributed by atoms with Gasteiger partial charge in [0, 0.05) is 19.5 Å². The fourth-order valence-electron chi connectivity index (χ4n) is 3.99. The van der Waals surface area contributed by atoms with Crippen molar-refractivity contribution in [2.24, 2.45) is 5.92 Å². The number of aromatic nitrogens is 2. The second-order valence-electron chi connectivity index (χ2n) is 7.37. The van der Waals surface area contributed by atoms with Gasteiger partial charge in [0.1, 0.15) is 18.2 Å². The quantitative estimate of drug-likeness (QED) is 0.674. The van der Waals surface area contributed by atoms with Gasteiger partial charge in [-0.1, -0.05) is 24.3 Å². The molecule has 1 aliphatic heterocycles. The molecule has 142 valence electrons. The van der Waals surface area contributed by atoms with Gasteiger partial charge in [0.15, 0.2) is 0 Å². The highest BCUT2D eigenvalue weighted by molar-refractivity contribution is 5.74. The number of para-hydroxylation sites is 2. The molecule has 3 aromatic rings. The molecular weight excluding hydrogens is 338 g/mol. The summed E-state index contributed by atoms with van der Waals surface area (Å²) in [5.41, 5.74) is 3.44. The number of benzene rings is 2. The van der Waals surface area contributed by atoms with Crippen molar-refractivity contribution in [3.63, 3.8) is 0 Å². The number of hydrogen-bond acceptors (Lipinski definition) is 4. The minimum atomic E-state index is 0.0415. The molecule has 5 nitrogen and oxygen atoms in total. The van der Waals surface area contributed by atoms with Crippen molar-refractivity contribution < 1.29 is 9.84 Å². The first-order chi connectivity index (χ1) is 13.3. The van der Waals surface area contributed by atoms with Crippen LogP contribution < -0.4 is 4.74 Å². The standard InChI is InChI=1S/C22H27N3O2/c26-11-12-27-19-7-3-5-17(13-19)15-25-10-4-6-18(16-25)14-22-23-20-8-1-2-9-21(20)24-22/h1-3,5,7-9,13,18,26H,4,6,10-12,14-16H2,(H,23,24)/t18-/m0/s1. The predicted octanol–water partition coefficient (Wildman–Crippen LogP) is 3.39. The highest BCUT2D eigenvalue weighted by atomic mass is 16.5. The van der Waals surface area contributed by atoms with Crippen molar-refractivity contribution in [1.29, 1.82) is 0 Å². The fraction of sp³-hybridized carbons (Fsp3) is 0.409. The summed E-state index contributed by atoms with van der Waals surface area (Å²) < 4.78 is 5.53. The van der Waals surface area contributed by atoms with Gasteiger partial charge < -0.3 is 14.8 Å². The smallest absolute Gasteiger partial charge is 0.119 e. The van der Waals surface area contributed by atoms with Gasteiger partial charge in [0.25, 0.3) is 0 Å². The Balaban J connectivity index is 1.36. The molecule has 2 aromatic carbocycles. The van der Waals surface area contributed by atoms with E-state index in [9.17, 15) is 0 Å². The third-order valence-electron chi connectivity index (χ3n) is 5.19. The lowest BCUT2D eigenvalue weighted by atomic mass is 9.94. The van der Waals surface area contributed by atoms with Crippen molar-refractivity contribution in [3.05, 3.63) is 59.9 Å². The summed E-state index contributed by atoms with van der Waals surface area (Å²) in [5.74, 6) is 2.56. The van der Waals surface area contributed by atoms with Crippen LogP contribution in [0.2, 0.25) is 0 Å². The van der Waals surface area contributed by atoms with Crippen molar-refractivity contribution in [2.45, 2.75) is 25.8 Å². The van der Waals surface area contributed by atoms with Crippen LogP contribution >= 0.6 is 0 Å². The van der Waals surface area contributed by atoms with Gasteiger partial charge in [-0.15, -0.1) is 0 Å². The summed E-state index contributed by atoms with van der Waals surface area (Å²) in [6, 6.07) is 16.4. The molecule has 27 heavy (non-hydrogen) atoms. The average Bonchev–Trinajstić information content (AvgIpc) is 3.09. The summed E-state index contributed by atoms with van der Waals surface area (Å²) in [6.45, 7) is 3.55. The Bertz CT molecular complexity index is 844. The normalized spacial score (nSPS) is 18.0. The molecule has 0 saturated carbocycles. The SMILES string of the molecule is OCCOc1cccc(CN2CCC[C@@H](Cc3nc4ccccc4[nH]3)C2)c1. The number of hydrogen-bond donors (Lipinski definition) is 2. The van der Waals surface area contributed by atoms with Crippen LogP contribution in [0.3, 0.4) is 0 Å². The summed E-state index contributed by atoms with van der Waals surface area (Å²) >= 11 is 0. The molecule has 0 bridgehead atoms. The van der Waals surface area contributed by atoms with Crippen molar-refractivity contribution in [3.8, 4) is 5.75 Å². The highest BCUT2D eigenvalue weighted by Gasteiger charge is 2.21. The monoisotopic (exact) mass is 365 g/mol. The molecule has 4 rings (SSSR count). The van der Waals surface area contributed by atoms with Gasteiger partial charge in [-0.25, -0.2) is 4.98 Å². The number of aliphatic hydroxyl groups is 1. The number of rotatable bonds is 7. The number of aromatic amines is 1. The van der Waals surface area contributed by atoms with E-state index in [0.717, 1.165) is 48.7 Å². The number of nitrogens with zero attached hydrogens (tertiary/aromatic N) is 2. The Kier molecular flexibility index (Phi) is 5.70. The first-order valence-corrected chi connectivity index (χ1v) is 9.79. The van der Waals surface area contributed by atoms with Crippen LogP contribution in [0.25, 0.3) is 11.0 Å². The van der Waals surface area contributed by atoms with Crippen LogP contribution in [0, 0.1) is 5.92 Å². The summed E-state index contributed by atoms with van der Waals surface area (Å²) in [7, 11) is 0. The van der Waals surface area contributed by atoms with Gasteiger partial charge in [-0.2, -0.15) is 0 Å². The molecule has 1 fully saturated rings. The van der Waals surface area contributed by atoms with Crippen LogP contribution in [0.4, 0.5) is 0 Å². The third-order valence-corrected chi connectivity index (χ3v) is 5.19. The third kappa shape index (κ3) is 4.67. The molecule has 2 heterocycles. The maximum Gasteiger partial charge on any atom is 0.119 e. The van der Waals surface area contributed by atoms with Crippen LogP contribution in [0.5, 0.6) is 5.75 Å². The lowest BCUT2D eigenvalue weighted by Gasteiger charge is -2.32. The van der Waals surface area contributed by atoms with E-state index in [-0.39, 0.29) is 6.61 Å². The molecule has 0 amide bonds. The topological polar surface area (TPSA) is 61.4 Å². The highest BCUT2D eigenvalue weighted by Crippen LogP contribution is 2.23. The van der Waals surface area contributed by atoms with E-state index in [2.05, 4.69) is 34.1 Å². The minimum Gasteiger partial charge on any atom is -0.491 e. The number of ether oxygens (including phenoxy) is 1. The van der Waals surface area contributed by atoms with E-state index < -0.39 is 0 Å². The first kappa shape index (κ1) is 18.0. The average molecular weight is 365 g/mol. The van der Waals surface area contributed by atoms with E-state index in [1.165, 1.54) is 18.4 Å². The maximum absolute atomic E-state index is 8.91. The number of piperidine rings is 1. The lowest BCUT2D eigenvalue weighted by molar-refractivity contribution is 0.165. The van der Waals surface area contributed by atoms with Crippen molar-refractivity contribution in [1.82, 2.24) is 14.9 Å². The zero-order valence-electron chi connectivity index (χ0n) is 15.6. The lowest BCUT2D eigenvalue weighted by Crippen LogP contribution is -2.35. The molecule has 0 spiro atoms. The first-order valence-electron chi connectivity index (χ1n) is 9.79. The number of likely N-dealkylation sites (tertiary alicyclic amines) is 1. The Morgan fingerprint density at radius 1 is 1.19 bits per heavy atom. The molecule has 0 aliphatic carbocycles. The number of fused-ring (bicyclic) bond motifs is 1. The molecule has 1 aromatic heterocycles. The summed E-state index contributed by atoms with van der Waals surface area (Å²) in [6.07, 6.45) is 3.49. The molecule has 1 aliphatic rings. The van der Waals surface area contributed by atoms with E-state index in [1.807, 2.05) is 24.3 Å². The van der Waals surface area contributed by atoms with Crippen molar-refractivity contribution in [2.75, 3.05) is 26.3 Å². The fourth-order valence-corrected chi connectivity index (χ4v) is 3.99. The zero-order chi connectivity index (χ0) is 18.5. The Morgan fingerprint density at radius 3 is 3.00 bits per heavy atom. The Hall–Kier alpha value is -2.37. The van der Waals surface area contributed by atoms with Gasteiger partial charge in [-0.3, -0.25) is 4.90 Å². The van der Waals surface area contributed by atoms with Crippen LogP contribution in [0.15, 0.2) is 48.5 Å². The van der Waals surface area contributed by atoms with Crippen molar-refractivity contribution >= 4 is 11.0 Å². The van der Waals surface area contributed by atoms with Gasteiger partial charge in [-0.05, 0) is 55.1 Å². The van der Waals surface area contributed by atoms with Crippen LogP contribution in [-0.2, 0) is 13.0 Å². The Labute approximate surface area is 160 Å². The van der Waals surface area contributed by atoms with Gasteiger partial charge in [0.05, 0.1) is 17.6 Å². The largest absolute Gasteiger partial charge is 0.491 e. The minimum absolute atomic E-state index is 0.0415.